The molecule has 1 saturated heterocycles. The molecule has 5 heteroatoms. The standard InChI is InChI=1S/C22H26N4O/c1-25(16-20-9-5-8-19(14-20)15-23)22(27)24-21-10-12-26(13-11-21)17-18-6-3-2-4-7-18/h2-9,14,21H,10-13,16-17H2,1H3,(H,24,27). The van der Waals surface area contributed by atoms with Crippen molar-refractivity contribution < 1.29 is 4.79 Å². The zero-order valence-corrected chi connectivity index (χ0v) is 15.8. The first-order valence-corrected chi connectivity index (χ1v) is 9.41. The number of hydrogen-bond donors (Lipinski definition) is 1. The van der Waals surface area contributed by atoms with Crippen LogP contribution in [0.5, 0.6) is 0 Å². The van der Waals surface area contributed by atoms with Crippen molar-refractivity contribution >= 4 is 6.03 Å². The molecule has 2 aromatic rings. The SMILES string of the molecule is CN(Cc1cccc(C#N)c1)C(=O)NC1CCN(Cc2ccccc2)CC1. The molecular weight excluding hydrogens is 336 g/mol. The van der Waals surface area contributed by atoms with Crippen molar-refractivity contribution in [1.82, 2.24) is 15.1 Å². The van der Waals surface area contributed by atoms with E-state index in [1.165, 1.54) is 5.56 Å². The molecule has 27 heavy (non-hydrogen) atoms. The zero-order chi connectivity index (χ0) is 19.1. The Balaban J connectivity index is 1.44. The molecule has 0 spiro atoms. The quantitative estimate of drug-likeness (QED) is 0.887. The van der Waals surface area contributed by atoms with Crippen molar-refractivity contribution in [3.63, 3.8) is 0 Å². The number of rotatable bonds is 5. The van der Waals surface area contributed by atoms with Crippen LogP contribution in [0.1, 0.15) is 29.5 Å². The summed E-state index contributed by atoms with van der Waals surface area (Å²) in [5.74, 6) is 0. The maximum atomic E-state index is 12.5. The summed E-state index contributed by atoms with van der Waals surface area (Å²) in [6.07, 6.45) is 1.94. The molecule has 1 heterocycles. The second kappa shape index (κ2) is 9.20. The number of carbonyl (C=O) groups is 1. The minimum absolute atomic E-state index is 0.0566. The third-order valence-corrected chi connectivity index (χ3v) is 4.99. The highest BCUT2D eigenvalue weighted by atomic mass is 16.2. The van der Waals surface area contributed by atoms with Crippen LogP contribution in [0.25, 0.3) is 0 Å². The van der Waals surface area contributed by atoms with E-state index in [4.69, 9.17) is 5.26 Å². The lowest BCUT2D eigenvalue weighted by atomic mass is 10.0. The predicted octanol–water partition coefficient (Wildman–Crippen LogP) is 3.36. The number of nitrogens with one attached hydrogen (secondary N) is 1. The molecular formula is C22H26N4O. The molecule has 0 radical (unpaired) electrons. The Bertz CT molecular complexity index is 791. The van der Waals surface area contributed by atoms with Crippen molar-refractivity contribution in [3.8, 4) is 6.07 Å². The average molecular weight is 362 g/mol. The zero-order valence-electron chi connectivity index (χ0n) is 15.8. The van der Waals surface area contributed by atoms with Gasteiger partial charge < -0.3 is 10.2 Å². The lowest BCUT2D eigenvalue weighted by Gasteiger charge is -2.33. The maximum Gasteiger partial charge on any atom is 0.317 e. The number of nitriles is 1. The highest BCUT2D eigenvalue weighted by molar-refractivity contribution is 5.74. The molecule has 0 aromatic heterocycles. The van der Waals surface area contributed by atoms with Crippen LogP contribution in [0, 0.1) is 11.3 Å². The van der Waals surface area contributed by atoms with Gasteiger partial charge in [0.1, 0.15) is 0 Å². The van der Waals surface area contributed by atoms with Gasteiger partial charge >= 0.3 is 6.03 Å². The fourth-order valence-electron chi connectivity index (χ4n) is 3.45. The smallest absolute Gasteiger partial charge is 0.317 e. The van der Waals surface area contributed by atoms with Crippen molar-refractivity contribution in [1.29, 1.82) is 5.26 Å². The molecule has 5 nitrogen and oxygen atoms in total. The summed E-state index contributed by atoms with van der Waals surface area (Å²) < 4.78 is 0. The van der Waals surface area contributed by atoms with Gasteiger partial charge in [-0.1, -0.05) is 42.5 Å². The van der Waals surface area contributed by atoms with Gasteiger partial charge in [0.2, 0.25) is 0 Å². The van der Waals surface area contributed by atoms with Crippen molar-refractivity contribution in [2.75, 3.05) is 20.1 Å². The highest BCUT2D eigenvalue weighted by Gasteiger charge is 2.22. The van der Waals surface area contributed by atoms with Crippen molar-refractivity contribution in [2.24, 2.45) is 0 Å². The van der Waals surface area contributed by atoms with E-state index in [9.17, 15) is 4.79 Å². The fraction of sp³-hybridized carbons (Fsp3) is 0.364. The number of likely N-dealkylation sites (tertiary alicyclic amines) is 1. The van der Waals surface area contributed by atoms with E-state index < -0.39 is 0 Å². The molecule has 1 fully saturated rings. The Morgan fingerprint density at radius 2 is 1.85 bits per heavy atom. The number of piperidine rings is 1. The number of nitrogens with zero attached hydrogens (tertiary/aromatic N) is 3. The van der Waals surface area contributed by atoms with Crippen LogP contribution in [0.2, 0.25) is 0 Å². The van der Waals surface area contributed by atoms with Crippen molar-refractivity contribution in [2.45, 2.75) is 32.0 Å². The summed E-state index contributed by atoms with van der Waals surface area (Å²) in [5.41, 5.74) is 2.91. The molecule has 2 amide bonds. The number of hydrogen-bond acceptors (Lipinski definition) is 3. The molecule has 1 aliphatic heterocycles. The van der Waals surface area contributed by atoms with Gasteiger partial charge in [-0.05, 0) is 36.1 Å². The van der Waals surface area contributed by atoms with Crippen molar-refractivity contribution in [3.05, 3.63) is 71.3 Å². The van der Waals surface area contributed by atoms with Gasteiger partial charge in [0.25, 0.3) is 0 Å². The Morgan fingerprint density at radius 1 is 1.15 bits per heavy atom. The normalized spacial score (nSPS) is 15.1. The van der Waals surface area contributed by atoms with Gasteiger partial charge in [0.05, 0.1) is 11.6 Å². The first kappa shape index (κ1) is 18.9. The first-order valence-electron chi connectivity index (χ1n) is 9.41. The molecule has 0 unspecified atom stereocenters. The van der Waals surface area contributed by atoms with Gasteiger partial charge in [0, 0.05) is 39.3 Å². The molecule has 0 aliphatic carbocycles. The molecule has 1 N–H and O–H groups in total. The average Bonchev–Trinajstić information content (AvgIpc) is 2.70. The summed E-state index contributed by atoms with van der Waals surface area (Å²) in [4.78, 5) is 16.6. The number of amides is 2. The predicted molar refractivity (Wildman–Crippen MR) is 106 cm³/mol. The molecule has 140 valence electrons. The lowest BCUT2D eigenvalue weighted by Crippen LogP contribution is -2.48. The molecule has 1 aliphatic rings. The molecule has 0 bridgehead atoms. The molecule has 3 rings (SSSR count). The maximum absolute atomic E-state index is 12.5. The van der Waals surface area contributed by atoms with Crippen LogP contribution in [0.15, 0.2) is 54.6 Å². The Morgan fingerprint density at radius 3 is 2.56 bits per heavy atom. The van der Waals surface area contributed by atoms with Crippen LogP contribution >= 0.6 is 0 Å². The van der Waals surface area contributed by atoms with E-state index in [0.717, 1.165) is 38.0 Å². The van der Waals surface area contributed by atoms with Gasteiger partial charge in [-0.2, -0.15) is 5.26 Å². The Hall–Kier alpha value is -2.84. The van der Waals surface area contributed by atoms with Gasteiger partial charge in [-0.25, -0.2) is 4.79 Å². The Kier molecular flexibility index (Phi) is 6.45. The van der Waals surface area contributed by atoms with Crippen LogP contribution < -0.4 is 5.32 Å². The van der Waals surface area contributed by atoms with Crippen LogP contribution in [0.4, 0.5) is 4.79 Å². The molecule has 2 aromatic carbocycles. The van der Waals surface area contributed by atoms with E-state index in [1.54, 1.807) is 18.0 Å². The van der Waals surface area contributed by atoms with Gasteiger partial charge in [-0.15, -0.1) is 0 Å². The third-order valence-electron chi connectivity index (χ3n) is 4.99. The topological polar surface area (TPSA) is 59.4 Å². The summed E-state index contributed by atoms with van der Waals surface area (Å²) >= 11 is 0. The molecule has 0 atom stereocenters. The largest absolute Gasteiger partial charge is 0.335 e. The van der Waals surface area contributed by atoms with E-state index in [-0.39, 0.29) is 12.1 Å². The lowest BCUT2D eigenvalue weighted by molar-refractivity contribution is 0.173. The number of benzene rings is 2. The van der Waals surface area contributed by atoms with Crippen LogP contribution in [-0.4, -0.2) is 42.0 Å². The van der Waals surface area contributed by atoms with E-state index in [1.807, 2.05) is 24.3 Å². The highest BCUT2D eigenvalue weighted by Crippen LogP contribution is 2.14. The number of urea groups is 1. The van der Waals surface area contributed by atoms with Crippen LogP contribution in [0.3, 0.4) is 0 Å². The summed E-state index contributed by atoms with van der Waals surface area (Å²) in [5, 5.41) is 12.1. The minimum atomic E-state index is -0.0566. The van der Waals surface area contributed by atoms with E-state index >= 15 is 0 Å². The van der Waals surface area contributed by atoms with Gasteiger partial charge in [0.15, 0.2) is 0 Å². The van der Waals surface area contributed by atoms with E-state index in [0.29, 0.717) is 12.1 Å². The third kappa shape index (κ3) is 5.57. The first-order chi connectivity index (χ1) is 13.1. The fourth-order valence-corrected chi connectivity index (χ4v) is 3.45. The minimum Gasteiger partial charge on any atom is -0.335 e. The van der Waals surface area contributed by atoms with E-state index in [2.05, 4.69) is 40.6 Å². The monoisotopic (exact) mass is 362 g/mol. The second-order valence-corrected chi connectivity index (χ2v) is 7.15. The second-order valence-electron chi connectivity index (χ2n) is 7.15. The summed E-state index contributed by atoms with van der Waals surface area (Å²) in [6, 6.07) is 20.2. The Labute approximate surface area is 161 Å². The number of carbonyl (C=O) groups excluding carboxylic acids is 1. The summed E-state index contributed by atoms with van der Waals surface area (Å²) in [6.45, 7) is 3.45. The summed E-state index contributed by atoms with van der Waals surface area (Å²) in [7, 11) is 1.79. The molecule has 0 saturated carbocycles. The van der Waals surface area contributed by atoms with Crippen LogP contribution in [-0.2, 0) is 13.1 Å². The van der Waals surface area contributed by atoms with Gasteiger partial charge in [-0.3, -0.25) is 4.90 Å².